The molecule has 12 heteroatoms. The maximum Gasteiger partial charge on any atom is 0.315 e. The summed E-state index contributed by atoms with van der Waals surface area (Å²) in [6.07, 6.45) is 5.59. The lowest BCUT2D eigenvalue weighted by atomic mass is 9.84. The van der Waals surface area contributed by atoms with Gasteiger partial charge in [0.05, 0.1) is 6.20 Å². The maximum atomic E-state index is 11.5. The van der Waals surface area contributed by atoms with Crippen molar-refractivity contribution in [2.75, 3.05) is 17.2 Å². The van der Waals surface area contributed by atoms with Crippen molar-refractivity contribution in [3.63, 3.8) is 0 Å². The van der Waals surface area contributed by atoms with Crippen LogP contribution in [0.5, 0.6) is 0 Å². The molecule has 1 saturated carbocycles. The molecular weight excluding hydrogens is 454 g/mol. The molecule has 0 saturated heterocycles. The molecule has 0 spiro atoms. The molecule has 1 unspecified atom stereocenters. The average molecular weight is 480 g/mol. The molecule has 1 fully saturated rings. The minimum atomic E-state index is -2.03. The van der Waals surface area contributed by atoms with E-state index in [0.717, 1.165) is 42.5 Å². The fourth-order valence-electron chi connectivity index (χ4n) is 4.11. The number of carbonyl (C=O) groups is 1. The van der Waals surface area contributed by atoms with Gasteiger partial charge in [-0.2, -0.15) is 4.98 Å². The van der Waals surface area contributed by atoms with Gasteiger partial charge in [0, 0.05) is 31.4 Å². The summed E-state index contributed by atoms with van der Waals surface area (Å²) >= 11 is 4.32. The monoisotopic (exact) mass is 479 g/mol. The highest BCUT2D eigenvalue weighted by molar-refractivity contribution is 7.77. The molecule has 172 valence electrons. The van der Waals surface area contributed by atoms with Gasteiger partial charge in [0.15, 0.2) is 5.82 Å². The van der Waals surface area contributed by atoms with Crippen LogP contribution < -0.4 is 26.0 Å². The first kappa shape index (κ1) is 22.7. The van der Waals surface area contributed by atoms with Crippen LogP contribution in [0.4, 0.5) is 22.2 Å². The summed E-state index contributed by atoms with van der Waals surface area (Å²) in [5, 5.41) is 12.6. The topological polar surface area (TPSA) is 140 Å². The summed E-state index contributed by atoms with van der Waals surface area (Å²) in [6.45, 7) is 1.37. The van der Waals surface area contributed by atoms with Crippen molar-refractivity contribution < 1.29 is 13.6 Å². The Hall–Kier alpha value is -2.47. The summed E-state index contributed by atoms with van der Waals surface area (Å²) in [5.74, 6) is 1.11. The van der Waals surface area contributed by atoms with Crippen LogP contribution in [-0.2, 0) is 24.4 Å². The Bertz CT molecular complexity index is 1010. The molecule has 1 aliphatic carbocycles. The van der Waals surface area contributed by atoms with Crippen LogP contribution >= 0.6 is 11.6 Å². The van der Waals surface area contributed by atoms with Crippen LogP contribution in [0.3, 0.4) is 0 Å². The number of nitrogens with zero attached hydrogens (tertiary/aromatic N) is 2. The van der Waals surface area contributed by atoms with Crippen LogP contribution in [0.1, 0.15) is 36.8 Å². The number of hydrogen-bond acceptors (Lipinski definition) is 6. The standard InChI is InChI=1S/C20H26ClN7O3S/c21-16-11-22-19(26-15-6-5-12-8-23-20(29)24-9-14(12)7-15)28-18(16)27-17-4-2-1-3-13(17)10-25-32(30)31/h5-7,11,13,17,25H,1-4,8-10H2,(H,30,31)(H2,23,24,29)(H2,22,26,27,28)/t13-,17-/m1/s1. The number of benzene rings is 1. The first-order valence-electron chi connectivity index (χ1n) is 10.5. The summed E-state index contributed by atoms with van der Waals surface area (Å²) in [5.41, 5.74) is 2.87. The Labute approximate surface area is 193 Å². The molecule has 0 radical (unpaired) electrons. The Balaban J connectivity index is 1.47. The van der Waals surface area contributed by atoms with E-state index in [2.05, 4.69) is 36.0 Å². The van der Waals surface area contributed by atoms with Gasteiger partial charge in [-0.3, -0.25) is 4.55 Å². The molecule has 2 amide bonds. The normalized spacial score (nSPS) is 21.5. The van der Waals surface area contributed by atoms with Crippen LogP contribution in [0, 0.1) is 5.92 Å². The fraction of sp³-hybridized carbons (Fsp3) is 0.450. The number of carbonyl (C=O) groups excluding carboxylic acids is 1. The van der Waals surface area contributed by atoms with E-state index < -0.39 is 11.3 Å². The molecule has 1 aromatic heterocycles. The maximum absolute atomic E-state index is 11.5. The van der Waals surface area contributed by atoms with Gasteiger partial charge in [-0.15, -0.1) is 0 Å². The molecule has 2 aromatic rings. The van der Waals surface area contributed by atoms with E-state index in [1.165, 1.54) is 0 Å². The lowest BCUT2D eigenvalue weighted by molar-refractivity contribution is 0.241. The smallest absolute Gasteiger partial charge is 0.315 e. The molecule has 1 aliphatic heterocycles. The molecule has 0 bridgehead atoms. The van der Waals surface area contributed by atoms with Crippen molar-refractivity contribution in [2.24, 2.45) is 5.92 Å². The van der Waals surface area contributed by atoms with Crippen LogP contribution in [0.25, 0.3) is 0 Å². The predicted octanol–water partition coefficient (Wildman–Crippen LogP) is 2.88. The second-order valence-electron chi connectivity index (χ2n) is 7.93. The van der Waals surface area contributed by atoms with E-state index in [1.807, 2.05) is 18.2 Å². The summed E-state index contributed by atoms with van der Waals surface area (Å²) in [4.78, 5) is 20.4. The Kier molecular flexibility index (Phi) is 7.40. The van der Waals surface area contributed by atoms with Crippen molar-refractivity contribution in [2.45, 2.75) is 44.8 Å². The van der Waals surface area contributed by atoms with Crippen molar-refractivity contribution in [1.82, 2.24) is 25.3 Å². The van der Waals surface area contributed by atoms with E-state index in [0.29, 0.717) is 36.4 Å². The highest BCUT2D eigenvalue weighted by atomic mass is 35.5. The number of nitrogens with one attached hydrogen (secondary N) is 5. The number of hydrogen-bond donors (Lipinski definition) is 6. The highest BCUT2D eigenvalue weighted by Gasteiger charge is 2.26. The zero-order valence-corrected chi connectivity index (χ0v) is 18.9. The van der Waals surface area contributed by atoms with E-state index in [-0.39, 0.29) is 18.0 Å². The Morgan fingerprint density at radius 1 is 1.19 bits per heavy atom. The van der Waals surface area contributed by atoms with Crippen LogP contribution in [-0.4, -0.2) is 37.3 Å². The van der Waals surface area contributed by atoms with E-state index in [9.17, 15) is 9.00 Å². The largest absolute Gasteiger partial charge is 0.366 e. The van der Waals surface area contributed by atoms with Crippen molar-refractivity contribution >= 4 is 46.4 Å². The molecule has 3 atom stereocenters. The SMILES string of the molecule is O=C1NCc2ccc(Nc3ncc(Cl)c(N[C@@H]4CCCC[C@@H]4CNS(=O)O)n3)cc2CN1. The molecule has 2 aliphatic rings. The van der Waals surface area contributed by atoms with Gasteiger partial charge in [0.1, 0.15) is 5.02 Å². The van der Waals surface area contributed by atoms with Crippen molar-refractivity contribution in [1.29, 1.82) is 0 Å². The van der Waals surface area contributed by atoms with E-state index >= 15 is 0 Å². The quantitative estimate of drug-likeness (QED) is 0.335. The minimum absolute atomic E-state index is 0.0867. The first-order chi connectivity index (χ1) is 15.5. The average Bonchev–Trinajstić information content (AvgIpc) is 2.96. The third-order valence-corrected chi connectivity index (χ3v) is 6.48. The number of rotatable bonds is 7. The molecule has 2 heterocycles. The minimum Gasteiger partial charge on any atom is -0.366 e. The molecular formula is C20H26ClN7O3S. The second-order valence-corrected chi connectivity index (χ2v) is 9.12. The summed E-state index contributed by atoms with van der Waals surface area (Å²) in [6, 6.07) is 5.74. The lowest BCUT2D eigenvalue weighted by Gasteiger charge is -2.32. The molecule has 6 N–H and O–H groups in total. The van der Waals surface area contributed by atoms with Gasteiger partial charge in [-0.05, 0) is 42.0 Å². The van der Waals surface area contributed by atoms with Gasteiger partial charge < -0.3 is 21.3 Å². The van der Waals surface area contributed by atoms with Gasteiger partial charge in [-0.25, -0.2) is 18.7 Å². The van der Waals surface area contributed by atoms with Gasteiger partial charge in [-0.1, -0.05) is 30.5 Å². The van der Waals surface area contributed by atoms with E-state index in [4.69, 9.17) is 16.2 Å². The van der Waals surface area contributed by atoms with Crippen LogP contribution in [0.2, 0.25) is 5.02 Å². The Morgan fingerprint density at radius 3 is 2.78 bits per heavy atom. The number of urea groups is 1. The van der Waals surface area contributed by atoms with Crippen molar-refractivity contribution in [3.05, 3.63) is 40.5 Å². The lowest BCUT2D eigenvalue weighted by Crippen LogP contribution is -2.39. The van der Waals surface area contributed by atoms with Gasteiger partial charge in [0.2, 0.25) is 17.2 Å². The zero-order chi connectivity index (χ0) is 22.5. The molecule has 10 nitrogen and oxygen atoms in total. The second kappa shape index (κ2) is 10.4. The molecule has 1 aromatic carbocycles. The number of halogens is 1. The predicted molar refractivity (Wildman–Crippen MR) is 124 cm³/mol. The number of fused-ring (bicyclic) bond motifs is 1. The van der Waals surface area contributed by atoms with E-state index in [1.54, 1.807) is 6.20 Å². The van der Waals surface area contributed by atoms with Gasteiger partial charge in [0.25, 0.3) is 0 Å². The molecule has 32 heavy (non-hydrogen) atoms. The fourth-order valence-corrected chi connectivity index (χ4v) is 4.61. The van der Waals surface area contributed by atoms with Crippen LogP contribution in [0.15, 0.2) is 24.4 Å². The third kappa shape index (κ3) is 5.85. The Morgan fingerprint density at radius 2 is 1.97 bits per heavy atom. The summed E-state index contributed by atoms with van der Waals surface area (Å²) in [7, 11) is 0. The number of aromatic nitrogens is 2. The zero-order valence-electron chi connectivity index (χ0n) is 17.4. The number of anilines is 3. The number of amides is 2. The summed E-state index contributed by atoms with van der Waals surface area (Å²) < 4.78 is 22.7. The van der Waals surface area contributed by atoms with Crippen molar-refractivity contribution in [3.8, 4) is 0 Å². The third-order valence-electron chi connectivity index (χ3n) is 5.79. The molecule has 4 rings (SSSR count). The first-order valence-corrected chi connectivity index (χ1v) is 12.0. The van der Waals surface area contributed by atoms with Gasteiger partial charge >= 0.3 is 6.03 Å². The highest BCUT2D eigenvalue weighted by Crippen LogP contribution is 2.30.